The van der Waals surface area contributed by atoms with Crippen molar-refractivity contribution in [2.75, 3.05) is 46.0 Å². The number of alkyl halides is 2. The van der Waals surface area contributed by atoms with Crippen molar-refractivity contribution < 1.29 is 37.4 Å². The molecule has 0 saturated carbocycles. The number of carbonyl (C=O) groups is 4. The predicted molar refractivity (Wildman–Crippen MR) is 162 cm³/mol. The van der Waals surface area contributed by atoms with E-state index in [2.05, 4.69) is 10.6 Å². The molecule has 0 spiro atoms. The number of hydrogen-bond donors (Lipinski definition) is 2. The molecular formula is C31H37Cl2F2N3O6. The Morgan fingerprint density at radius 3 is 2.27 bits per heavy atom. The zero-order chi connectivity index (χ0) is 32.3. The van der Waals surface area contributed by atoms with Gasteiger partial charge in [0.05, 0.1) is 19.3 Å². The summed E-state index contributed by atoms with van der Waals surface area (Å²) in [6.07, 6.45) is -0.554. The third kappa shape index (κ3) is 10.8. The van der Waals surface area contributed by atoms with Crippen molar-refractivity contribution in [1.82, 2.24) is 15.5 Å². The minimum absolute atomic E-state index is 0.0475. The van der Waals surface area contributed by atoms with Gasteiger partial charge >= 0.3 is 5.92 Å². The Kier molecular flexibility index (Phi) is 13.5. The summed E-state index contributed by atoms with van der Waals surface area (Å²) in [4.78, 5) is 53.7. The Balaban J connectivity index is 1.67. The van der Waals surface area contributed by atoms with Crippen molar-refractivity contribution in [3.8, 4) is 5.75 Å². The van der Waals surface area contributed by atoms with Crippen molar-refractivity contribution >= 4 is 46.6 Å². The third-order valence-electron chi connectivity index (χ3n) is 7.19. The molecule has 2 atom stereocenters. The van der Waals surface area contributed by atoms with E-state index in [9.17, 15) is 19.2 Å². The second-order valence-electron chi connectivity index (χ2n) is 10.9. The molecule has 2 aromatic carbocycles. The van der Waals surface area contributed by atoms with E-state index in [1.54, 1.807) is 30.3 Å². The smallest absolute Gasteiger partial charge is 0.381 e. The third-order valence-corrected chi connectivity index (χ3v) is 7.62. The van der Waals surface area contributed by atoms with Crippen LogP contribution in [0.1, 0.15) is 25.8 Å². The highest BCUT2D eigenvalue weighted by Gasteiger charge is 2.51. The molecule has 0 bridgehead atoms. The van der Waals surface area contributed by atoms with Crippen LogP contribution >= 0.6 is 23.2 Å². The Bertz CT molecular complexity index is 1270. The van der Waals surface area contributed by atoms with E-state index in [1.165, 1.54) is 32.0 Å². The molecule has 2 aromatic rings. The topological polar surface area (TPSA) is 114 Å². The molecule has 2 amide bonds. The maximum absolute atomic E-state index is 15.1. The molecule has 0 unspecified atom stereocenters. The van der Waals surface area contributed by atoms with Gasteiger partial charge in [-0.1, -0.05) is 67.4 Å². The fourth-order valence-electron chi connectivity index (χ4n) is 4.69. The van der Waals surface area contributed by atoms with Crippen LogP contribution in [0.3, 0.4) is 0 Å². The molecule has 44 heavy (non-hydrogen) atoms. The molecule has 0 radical (unpaired) electrons. The number of nitrogens with zero attached hydrogens (tertiary/aromatic N) is 1. The average molecular weight is 657 g/mol. The number of nitrogens with one attached hydrogen (secondary N) is 2. The van der Waals surface area contributed by atoms with Gasteiger partial charge in [0.15, 0.2) is 12.4 Å². The summed E-state index contributed by atoms with van der Waals surface area (Å²) in [5.41, 5.74) is 0.700. The summed E-state index contributed by atoms with van der Waals surface area (Å²) < 4.78 is 40.9. The van der Waals surface area contributed by atoms with E-state index in [-0.39, 0.29) is 18.7 Å². The number of ketones is 2. The maximum atomic E-state index is 15.1. The molecule has 9 nitrogen and oxygen atoms in total. The van der Waals surface area contributed by atoms with E-state index in [4.69, 9.17) is 32.7 Å². The lowest BCUT2D eigenvalue weighted by Crippen LogP contribution is -2.52. The van der Waals surface area contributed by atoms with Gasteiger partial charge in [-0.2, -0.15) is 8.78 Å². The lowest BCUT2D eigenvalue weighted by Gasteiger charge is -2.28. The van der Waals surface area contributed by atoms with Crippen LogP contribution in [0.2, 0.25) is 10.0 Å². The van der Waals surface area contributed by atoms with E-state index >= 15 is 8.78 Å². The molecule has 2 N–H and O–H groups in total. The van der Waals surface area contributed by atoms with E-state index in [1.807, 2.05) is 4.90 Å². The first-order chi connectivity index (χ1) is 20.9. The fraction of sp³-hybridized carbons (Fsp3) is 0.484. The molecule has 1 fully saturated rings. The second-order valence-corrected chi connectivity index (χ2v) is 11.7. The first-order valence-electron chi connectivity index (χ1n) is 14.3. The van der Waals surface area contributed by atoms with Crippen LogP contribution in [0, 0.1) is 11.8 Å². The minimum atomic E-state index is -4.34. The number of carbonyl (C=O) groups excluding carboxylic acids is 4. The van der Waals surface area contributed by atoms with Crippen molar-refractivity contribution in [3.63, 3.8) is 0 Å². The zero-order valence-electron chi connectivity index (χ0n) is 24.6. The lowest BCUT2D eigenvalue weighted by atomic mass is 9.82. The number of rotatable bonds is 16. The Morgan fingerprint density at radius 1 is 1.02 bits per heavy atom. The van der Waals surface area contributed by atoms with Crippen LogP contribution in [-0.4, -0.2) is 86.2 Å². The van der Waals surface area contributed by atoms with Gasteiger partial charge in [0.2, 0.25) is 5.78 Å². The first-order valence-corrected chi connectivity index (χ1v) is 15.1. The van der Waals surface area contributed by atoms with Crippen LogP contribution in [0.25, 0.3) is 0 Å². The van der Waals surface area contributed by atoms with E-state index < -0.39 is 60.2 Å². The number of ether oxygens (including phenoxy) is 2. The van der Waals surface area contributed by atoms with Gasteiger partial charge in [0.1, 0.15) is 5.75 Å². The van der Waals surface area contributed by atoms with Gasteiger partial charge in [-0.3, -0.25) is 24.1 Å². The number of halogens is 4. The predicted octanol–water partition coefficient (Wildman–Crippen LogP) is 3.98. The largest absolute Gasteiger partial charge is 0.484 e. The summed E-state index contributed by atoms with van der Waals surface area (Å²) in [5, 5.41) is 5.35. The molecule has 0 aromatic heterocycles. The maximum Gasteiger partial charge on any atom is 0.381 e. The van der Waals surface area contributed by atoms with Crippen molar-refractivity contribution in [1.29, 1.82) is 0 Å². The fourth-order valence-corrected chi connectivity index (χ4v) is 5.20. The molecule has 0 aliphatic carbocycles. The number of amides is 2. The Labute approximate surface area is 265 Å². The molecular weight excluding hydrogens is 619 g/mol. The summed E-state index contributed by atoms with van der Waals surface area (Å²) in [7, 11) is 0. The molecule has 1 saturated heterocycles. The summed E-state index contributed by atoms with van der Waals surface area (Å²) in [6.45, 7) is 5.10. The highest BCUT2D eigenvalue weighted by atomic mass is 35.5. The van der Waals surface area contributed by atoms with Gasteiger partial charge in [-0.25, -0.2) is 0 Å². The van der Waals surface area contributed by atoms with Gasteiger partial charge in [-0.05, 0) is 36.1 Å². The van der Waals surface area contributed by atoms with Crippen molar-refractivity contribution in [2.24, 2.45) is 11.8 Å². The van der Waals surface area contributed by atoms with Crippen LogP contribution < -0.4 is 15.4 Å². The van der Waals surface area contributed by atoms with E-state index in [0.717, 1.165) is 0 Å². The Hall–Kier alpha value is -3.12. The van der Waals surface area contributed by atoms with Crippen LogP contribution in [0.4, 0.5) is 8.78 Å². The molecule has 1 heterocycles. The number of morpholine rings is 1. The molecule has 3 rings (SSSR count). The standard InChI is InChI=1S/C31H37Cl2F2N3O6/c1-20(2)25(29(41)31(34,35)30(42)36-8-9-38-10-12-43-13-11-38)18-27(39)26(14-21-6-4-3-5-7-21)37-28(40)19-44-24-16-22(32)15-23(33)17-24/h3-7,15-17,20,25-26H,8-14,18-19H2,1-2H3,(H,36,42)(H,37,40)/t25-,26-/m0/s1. The quantitative estimate of drug-likeness (QED) is 0.263. The zero-order valence-corrected chi connectivity index (χ0v) is 26.1. The second kappa shape index (κ2) is 16.8. The normalized spacial score (nSPS) is 15.3. The van der Waals surface area contributed by atoms with Crippen LogP contribution in [-0.2, 0) is 30.3 Å². The summed E-state index contributed by atoms with van der Waals surface area (Å²) in [5.74, 6) is -10.9. The Morgan fingerprint density at radius 2 is 1.66 bits per heavy atom. The highest BCUT2D eigenvalue weighted by Crippen LogP contribution is 2.28. The van der Waals surface area contributed by atoms with Crippen LogP contribution in [0.15, 0.2) is 48.5 Å². The minimum Gasteiger partial charge on any atom is -0.484 e. The molecule has 1 aliphatic heterocycles. The van der Waals surface area contributed by atoms with Crippen molar-refractivity contribution in [3.05, 3.63) is 64.1 Å². The van der Waals surface area contributed by atoms with Gasteiger partial charge in [0, 0.05) is 48.6 Å². The summed E-state index contributed by atoms with van der Waals surface area (Å²) in [6, 6.07) is 12.1. The van der Waals surface area contributed by atoms with Gasteiger partial charge < -0.3 is 20.1 Å². The highest BCUT2D eigenvalue weighted by molar-refractivity contribution is 6.34. The molecule has 13 heteroatoms. The number of hydrogen-bond acceptors (Lipinski definition) is 7. The molecule has 1 aliphatic rings. The van der Waals surface area contributed by atoms with Gasteiger partial charge in [-0.15, -0.1) is 0 Å². The SMILES string of the molecule is CC(C)[C@H](CC(=O)[C@H](Cc1ccccc1)NC(=O)COc1cc(Cl)cc(Cl)c1)C(=O)C(F)(F)C(=O)NCCN1CCOCC1. The van der Waals surface area contributed by atoms with Crippen LogP contribution in [0.5, 0.6) is 5.75 Å². The first kappa shape index (κ1) is 35.4. The monoisotopic (exact) mass is 655 g/mol. The van der Waals surface area contributed by atoms with E-state index in [0.29, 0.717) is 48.5 Å². The van der Waals surface area contributed by atoms with Crippen molar-refractivity contribution in [2.45, 2.75) is 38.7 Å². The average Bonchev–Trinajstić information content (AvgIpc) is 2.98. The lowest BCUT2D eigenvalue weighted by molar-refractivity contribution is -0.162. The molecule has 240 valence electrons. The number of Topliss-reactive ketones (excluding diaryl/α,β-unsaturated/α-hetero) is 2. The number of benzene rings is 2. The van der Waals surface area contributed by atoms with Gasteiger partial charge in [0.25, 0.3) is 11.8 Å². The summed E-state index contributed by atoms with van der Waals surface area (Å²) >= 11 is 11.9.